The van der Waals surface area contributed by atoms with E-state index in [1.807, 2.05) is 29.2 Å². The van der Waals surface area contributed by atoms with Crippen molar-refractivity contribution in [2.24, 2.45) is 0 Å². The van der Waals surface area contributed by atoms with Crippen LogP contribution in [0.25, 0.3) is 10.9 Å². The first-order valence-corrected chi connectivity index (χ1v) is 10.9. The number of aryl methyl sites for hydroxylation is 1. The molecular weight excluding hydrogens is 467 g/mol. The van der Waals surface area contributed by atoms with Gasteiger partial charge in [0.1, 0.15) is 17.0 Å². The molecule has 1 aliphatic rings. The van der Waals surface area contributed by atoms with Crippen molar-refractivity contribution in [2.75, 3.05) is 50.2 Å². The topological polar surface area (TPSA) is 84.2 Å². The first-order chi connectivity index (χ1) is 16.8. The Morgan fingerprint density at radius 1 is 1.00 bits per heavy atom. The third-order valence-electron chi connectivity index (χ3n) is 6.21. The van der Waals surface area contributed by atoms with Crippen LogP contribution < -0.4 is 24.7 Å². The van der Waals surface area contributed by atoms with E-state index in [9.17, 15) is 14.7 Å². The predicted octanol–water partition coefficient (Wildman–Crippen LogP) is 3.48. The number of pyridine rings is 1. The highest BCUT2D eigenvalue weighted by Gasteiger charge is 2.33. The number of carboxylic acid groups (broad SMARTS) is 1. The normalized spacial score (nSPS) is 13.9. The summed E-state index contributed by atoms with van der Waals surface area (Å²) in [4.78, 5) is 27.8. The van der Waals surface area contributed by atoms with Crippen molar-refractivity contribution in [2.45, 2.75) is 13.5 Å². The van der Waals surface area contributed by atoms with Crippen LogP contribution in [-0.4, -0.2) is 56.0 Å². The van der Waals surface area contributed by atoms with Gasteiger partial charge in [-0.05, 0) is 19.1 Å². The van der Waals surface area contributed by atoms with E-state index in [1.54, 1.807) is 12.0 Å². The molecule has 8 nitrogen and oxygen atoms in total. The van der Waals surface area contributed by atoms with Gasteiger partial charge in [-0.15, -0.1) is 0 Å². The maximum Gasteiger partial charge on any atom is 0.344 e. The average Bonchev–Trinajstić information content (AvgIpc) is 2.85. The second kappa shape index (κ2) is 9.40. The maximum absolute atomic E-state index is 15.4. The summed E-state index contributed by atoms with van der Waals surface area (Å²) in [5.74, 6) is -5.68. The Bertz CT molecular complexity index is 1370. The number of nitrogens with zero attached hydrogens (tertiary/aromatic N) is 3. The Morgan fingerprint density at radius 2 is 1.63 bits per heavy atom. The van der Waals surface area contributed by atoms with Gasteiger partial charge in [0, 0.05) is 32.7 Å². The molecule has 35 heavy (non-hydrogen) atoms. The Hall–Kier alpha value is -3.89. The minimum atomic E-state index is -1.87. The molecule has 0 aliphatic carbocycles. The summed E-state index contributed by atoms with van der Waals surface area (Å²) in [6, 6.07) is 7.44. The second-order valence-corrected chi connectivity index (χ2v) is 7.92. The van der Waals surface area contributed by atoms with Gasteiger partial charge in [-0.3, -0.25) is 4.79 Å². The number of hydrogen-bond acceptors (Lipinski definition) is 6. The van der Waals surface area contributed by atoms with Crippen molar-refractivity contribution >= 4 is 28.2 Å². The van der Waals surface area contributed by atoms with E-state index in [0.29, 0.717) is 18.8 Å². The van der Waals surface area contributed by atoms with E-state index < -0.39 is 39.9 Å². The SMILES string of the molecule is CCn1c(F)c(C(=O)O)c(=O)c2c(F)c(F)c(N3CCN(c4ccccc4OC)CC3)c(OC)c21. The van der Waals surface area contributed by atoms with Gasteiger partial charge in [-0.25, -0.2) is 13.6 Å². The molecule has 1 N–H and O–H groups in total. The van der Waals surface area contributed by atoms with Crippen LogP contribution in [-0.2, 0) is 6.54 Å². The van der Waals surface area contributed by atoms with Crippen molar-refractivity contribution in [1.82, 2.24) is 4.57 Å². The lowest BCUT2D eigenvalue weighted by molar-refractivity contribution is 0.0688. The van der Waals surface area contributed by atoms with E-state index in [0.717, 1.165) is 10.3 Å². The molecule has 2 heterocycles. The maximum atomic E-state index is 15.4. The average molecular weight is 491 g/mol. The molecular formula is C24H24F3N3O5. The third-order valence-corrected chi connectivity index (χ3v) is 6.21. The standard InChI is InChI=1S/C24H24F3N3O5/c1-4-30-19-15(21(31)16(23(30)27)24(32)33)17(25)18(26)20(22(19)35-3)29-11-9-28(10-12-29)13-7-5-6-8-14(13)34-2/h5-8H,4,9-12H2,1-3H3,(H,32,33). The largest absolute Gasteiger partial charge is 0.495 e. The molecule has 11 heteroatoms. The van der Waals surface area contributed by atoms with Crippen LogP contribution in [0.5, 0.6) is 11.5 Å². The van der Waals surface area contributed by atoms with Gasteiger partial charge in [0.2, 0.25) is 11.4 Å². The van der Waals surface area contributed by atoms with Gasteiger partial charge in [0.25, 0.3) is 0 Å². The molecule has 0 saturated carbocycles. The van der Waals surface area contributed by atoms with Gasteiger partial charge in [0.15, 0.2) is 22.9 Å². The van der Waals surface area contributed by atoms with Crippen LogP contribution in [0.3, 0.4) is 0 Å². The zero-order valence-electron chi connectivity index (χ0n) is 19.4. The minimum absolute atomic E-state index is 0.147. The van der Waals surface area contributed by atoms with E-state index in [1.165, 1.54) is 14.0 Å². The molecule has 1 aliphatic heterocycles. The number of aromatic carboxylic acids is 1. The molecule has 0 amide bonds. The molecule has 0 radical (unpaired) electrons. The Balaban J connectivity index is 1.85. The van der Waals surface area contributed by atoms with E-state index in [-0.39, 0.29) is 36.6 Å². The molecule has 0 bridgehead atoms. The fraction of sp³-hybridized carbons (Fsp3) is 0.333. The fourth-order valence-corrected chi connectivity index (χ4v) is 4.58. The number of hydrogen-bond donors (Lipinski definition) is 1. The van der Waals surface area contributed by atoms with E-state index >= 15 is 13.2 Å². The summed E-state index contributed by atoms with van der Waals surface area (Å²) in [5.41, 5.74) is -2.42. The number of carboxylic acids is 1. The molecule has 0 spiro atoms. The zero-order chi connectivity index (χ0) is 25.4. The van der Waals surface area contributed by atoms with Crippen molar-refractivity contribution in [3.8, 4) is 11.5 Å². The van der Waals surface area contributed by atoms with Gasteiger partial charge in [0.05, 0.1) is 25.3 Å². The Labute approximate surface area is 198 Å². The van der Waals surface area contributed by atoms with Crippen molar-refractivity contribution in [3.05, 3.63) is 57.6 Å². The number of piperazine rings is 1. The molecule has 3 aromatic rings. The third kappa shape index (κ3) is 3.80. The Morgan fingerprint density at radius 3 is 2.20 bits per heavy atom. The van der Waals surface area contributed by atoms with Crippen LogP contribution in [0, 0.1) is 17.6 Å². The lowest BCUT2D eigenvalue weighted by Crippen LogP contribution is -2.47. The number of ether oxygens (including phenoxy) is 2. The fourth-order valence-electron chi connectivity index (χ4n) is 4.58. The van der Waals surface area contributed by atoms with Gasteiger partial charge in [-0.2, -0.15) is 4.39 Å². The number of rotatable bonds is 6. The van der Waals surface area contributed by atoms with Gasteiger partial charge < -0.3 is 28.9 Å². The number of benzene rings is 2. The smallest absolute Gasteiger partial charge is 0.344 e. The summed E-state index contributed by atoms with van der Waals surface area (Å²) < 4.78 is 57.4. The number of para-hydroxylation sites is 2. The molecule has 1 saturated heterocycles. The zero-order valence-corrected chi connectivity index (χ0v) is 19.4. The van der Waals surface area contributed by atoms with Crippen LogP contribution in [0.15, 0.2) is 29.1 Å². The quantitative estimate of drug-likeness (QED) is 0.529. The number of carbonyl (C=O) groups is 1. The highest BCUT2D eigenvalue weighted by Crippen LogP contribution is 2.41. The summed E-state index contributed by atoms with van der Waals surface area (Å²) in [5, 5.41) is 8.44. The lowest BCUT2D eigenvalue weighted by Gasteiger charge is -2.38. The molecule has 4 rings (SSSR count). The van der Waals surface area contributed by atoms with Crippen LogP contribution in [0.2, 0.25) is 0 Å². The lowest BCUT2D eigenvalue weighted by atomic mass is 10.1. The predicted molar refractivity (Wildman–Crippen MR) is 125 cm³/mol. The van der Waals surface area contributed by atoms with E-state index in [2.05, 4.69) is 0 Å². The summed E-state index contributed by atoms with van der Waals surface area (Å²) in [7, 11) is 2.77. The van der Waals surface area contributed by atoms with E-state index in [4.69, 9.17) is 9.47 Å². The first kappa shape index (κ1) is 24.2. The summed E-state index contributed by atoms with van der Waals surface area (Å²) >= 11 is 0. The highest BCUT2D eigenvalue weighted by molar-refractivity contribution is 5.97. The minimum Gasteiger partial charge on any atom is -0.495 e. The van der Waals surface area contributed by atoms with Crippen LogP contribution in [0.4, 0.5) is 24.5 Å². The number of halogens is 3. The molecule has 1 aromatic heterocycles. The molecule has 0 atom stereocenters. The number of anilines is 2. The number of aromatic nitrogens is 1. The van der Waals surface area contributed by atoms with Crippen molar-refractivity contribution in [1.29, 1.82) is 0 Å². The Kier molecular flexibility index (Phi) is 6.51. The monoisotopic (exact) mass is 491 g/mol. The molecule has 2 aromatic carbocycles. The van der Waals surface area contributed by atoms with Crippen LogP contribution in [0.1, 0.15) is 17.3 Å². The van der Waals surface area contributed by atoms with Crippen LogP contribution >= 0.6 is 0 Å². The molecule has 1 fully saturated rings. The van der Waals surface area contributed by atoms with Gasteiger partial charge >= 0.3 is 5.97 Å². The highest BCUT2D eigenvalue weighted by atomic mass is 19.2. The second-order valence-electron chi connectivity index (χ2n) is 7.92. The molecule has 0 unspecified atom stereocenters. The van der Waals surface area contributed by atoms with Crippen molar-refractivity contribution in [3.63, 3.8) is 0 Å². The number of fused-ring (bicyclic) bond motifs is 1. The number of methoxy groups -OCH3 is 2. The van der Waals surface area contributed by atoms with Crippen molar-refractivity contribution < 1.29 is 32.5 Å². The first-order valence-electron chi connectivity index (χ1n) is 10.9. The van der Waals surface area contributed by atoms with Gasteiger partial charge in [-0.1, -0.05) is 12.1 Å². The molecule has 186 valence electrons. The summed E-state index contributed by atoms with van der Waals surface area (Å²) in [6.45, 7) is 2.76. The summed E-state index contributed by atoms with van der Waals surface area (Å²) in [6.07, 6.45) is 0.